The van der Waals surface area contributed by atoms with Gasteiger partial charge in [0.25, 0.3) is 5.56 Å². The second-order valence-corrected chi connectivity index (χ2v) is 9.99. The molecular formula is C30H30ClN3O3. The quantitative estimate of drug-likeness (QED) is 0.301. The minimum atomic E-state index is -0.0526. The summed E-state index contributed by atoms with van der Waals surface area (Å²) in [6, 6.07) is 22.7. The largest absolute Gasteiger partial charge is 0.497 e. The molecule has 1 aliphatic rings. The number of carbonyl (C=O) groups excluding carboxylic acids is 1. The SMILES string of the molecule is COc1ccc(C(=O)CN2CCCC(n3nc(Cc4ccc(Cl)cc4)c4ccccc4c3=O)CC2)cc1. The molecule has 0 spiro atoms. The Morgan fingerprint density at radius 1 is 0.973 bits per heavy atom. The molecule has 7 heteroatoms. The molecule has 1 unspecified atom stereocenters. The zero-order valence-corrected chi connectivity index (χ0v) is 21.7. The molecule has 1 aliphatic heterocycles. The monoisotopic (exact) mass is 515 g/mol. The fraction of sp³-hybridized carbons (Fsp3) is 0.300. The summed E-state index contributed by atoms with van der Waals surface area (Å²) in [7, 11) is 1.61. The Hall–Kier alpha value is -3.48. The first-order valence-electron chi connectivity index (χ1n) is 12.7. The normalized spacial score (nSPS) is 16.4. The number of Topliss-reactive ketones (excluding diaryl/α,β-unsaturated/α-hetero) is 1. The van der Waals surface area contributed by atoms with Gasteiger partial charge >= 0.3 is 0 Å². The topological polar surface area (TPSA) is 64.4 Å². The number of ketones is 1. The van der Waals surface area contributed by atoms with Gasteiger partial charge in [0, 0.05) is 28.9 Å². The van der Waals surface area contributed by atoms with E-state index in [1.165, 1.54) is 0 Å². The maximum absolute atomic E-state index is 13.5. The van der Waals surface area contributed by atoms with E-state index in [0.717, 1.165) is 54.7 Å². The van der Waals surface area contributed by atoms with Crippen molar-refractivity contribution in [2.75, 3.05) is 26.7 Å². The number of likely N-dealkylation sites (tertiary alicyclic amines) is 1. The average molecular weight is 516 g/mol. The maximum atomic E-state index is 13.5. The van der Waals surface area contributed by atoms with Crippen LogP contribution in [0.5, 0.6) is 5.75 Å². The first kappa shape index (κ1) is 25.2. The Morgan fingerprint density at radius 2 is 1.70 bits per heavy atom. The predicted molar refractivity (Wildman–Crippen MR) is 147 cm³/mol. The first-order valence-corrected chi connectivity index (χ1v) is 13.0. The lowest BCUT2D eigenvalue weighted by Crippen LogP contribution is -2.32. The van der Waals surface area contributed by atoms with Crippen LogP contribution in [0, 0.1) is 0 Å². The number of halogens is 1. The summed E-state index contributed by atoms with van der Waals surface area (Å²) in [5, 5.41) is 7.18. The smallest absolute Gasteiger partial charge is 0.274 e. The molecule has 37 heavy (non-hydrogen) atoms. The molecule has 0 amide bonds. The lowest BCUT2D eigenvalue weighted by molar-refractivity contribution is 0.0932. The van der Waals surface area contributed by atoms with Crippen molar-refractivity contribution in [1.29, 1.82) is 0 Å². The number of hydrogen-bond donors (Lipinski definition) is 0. The molecule has 1 atom stereocenters. The standard InChI is InChI=1S/C30H30ClN3O3/c1-37-25-14-10-22(11-15-25)29(35)20-33-17-4-5-24(16-18-33)34-30(36)27-7-3-2-6-26(27)28(32-34)19-21-8-12-23(31)13-9-21/h2-3,6-15,24H,4-5,16-20H2,1H3. The Morgan fingerprint density at radius 3 is 2.43 bits per heavy atom. The highest BCUT2D eigenvalue weighted by molar-refractivity contribution is 6.30. The number of carbonyl (C=O) groups is 1. The molecule has 3 aromatic carbocycles. The molecule has 2 heterocycles. The van der Waals surface area contributed by atoms with E-state index in [1.807, 2.05) is 72.8 Å². The van der Waals surface area contributed by atoms with E-state index in [1.54, 1.807) is 11.8 Å². The lowest BCUT2D eigenvalue weighted by atomic mass is 10.0. The summed E-state index contributed by atoms with van der Waals surface area (Å²) >= 11 is 6.07. The summed E-state index contributed by atoms with van der Waals surface area (Å²) in [6.07, 6.45) is 3.13. The highest BCUT2D eigenvalue weighted by atomic mass is 35.5. The van der Waals surface area contributed by atoms with Crippen LogP contribution >= 0.6 is 11.6 Å². The van der Waals surface area contributed by atoms with E-state index >= 15 is 0 Å². The van der Waals surface area contributed by atoms with Crippen LogP contribution in [0.25, 0.3) is 10.8 Å². The molecule has 0 aliphatic carbocycles. The molecule has 0 bridgehead atoms. The number of hydrogen-bond acceptors (Lipinski definition) is 5. The Kier molecular flexibility index (Phi) is 7.68. The van der Waals surface area contributed by atoms with Crippen LogP contribution in [0.2, 0.25) is 5.02 Å². The number of nitrogens with zero attached hydrogens (tertiary/aromatic N) is 3. The van der Waals surface area contributed by atoms with Crippen LogP contribution in [-0.4, -0.2) is 47.2 Å². The highest BCUT2D eigenvalue weighted by Crippen LogP contribution is 2.24. The van der Waals surface area contributed by atoms with E-state index < -0.39 is 0 Å². The van der Waals surface area contributed by atoms with E-state index in [0.29, 0.717) is 28.9 Å². The number of methoxy groups -OCH3 is 1. The van der Waals surface area contributed by atoms with Crippen molar-refractivity contribution in [3.05, 3.63) is 105 Å². The van der Waals surface area contributed by atoms with Gasteiger partial charge in [-0.3, -0.25) is 14.5 Å². The van der Waals surface area contributed by atoms with Gasteiger partial charge in [-0.05, 0) is 73.8 Å². The Labute approximate surface area is 221 Å². The number of ether oxygens (including phenoxy) is 1. The van der Waals surface area contributed by atoms with Crippen LogP contribution < -0.4 is 10.3 Å². The third-order valence-electron chi connectivity index (χ3n) is 7.11. The summed E-state index contributed by atoms with van der Waals surface area (Å²) in [4.78, 5) is 28.5. The lowest BCUT2D eigenvalue weighted by Gasteiger charge is -2.20. The summed E-state index contributed by atoms with van der Waals surface area (Å²) < 4.78 is 6.89. The van der Waals surface area contributed by atoms with Crippen molar-refractivity contribution >= 4 is 28.2 Å². The van der Waals surface area contributed by atoms with Crippen molar-refractivity contribution in [3.8, 4) is 5.75 Å². The van der Waals surface area contributed by atoms with Gasteiger partial charge in [0.15, 0.2) is 5.78 Å². The molecule has 1 fully saturated rings. The van der Waals surface area contributed by atoms with Gasteiger partial charge in [0.1, 0.15) is 5.75 Å². The second kappa shape index (κ2) is 11.3. The van der Waals surface area contributed by atoms with Crippen molar-refractivity contribution < 1.29 is 9.53 Å². The molecule has 190 valence electrons. The zero-order valence-electron chi connectivity index (χ0n) is 20.9. The maximum Gasteiger partial charge on any atom is 0.274 e. The average Bonchev–Trinajstić information content (AvgIpc) is 3.17. The minimum absolute atomic E-state index is 0.0119. The molecule has 6 nitrogen and oxygen atoms in total. The number of aromatic nitrogens is 2. The second-order valence-electron chi connectivity index (χ2n) is 9.56. The van der Waals surface area contributed by atoms with Gasteiger partial charge in [0.2, 0.25) is 0 Å². The van der Waals surface area contributed by atoms with E-state index in [9.17, 15) is 9.59 Å². The van der Waals surface area contributed by atoms with Gasteiger partial charge in [-0.15, -0.1) is 0 Å². The van der Waals surface area contributed by atoms with Crippen LogP contribution in [-0.2, 0) is 6.42 Å². The Balaban J connectivity index is 1.35. The van der Waals surface area contributed by atoms with Crippen LogP contribution in [0.4, 0.5) is 0 Å². The molecule has 1 saturated heterocycles. The van der Waals surface area contributed by atoms with Crippen LogP contribution in [0.15, 0.2) is 77.6 Å². The van der Waals surface area contributed by atoms with Crippen molar-refractivity contribution in [1.82, 2.24) is 14.7 Å². The zero-order chi connectivity index (χ0) is 25.8. The molecule has 4 aromatic rings. The number of fused-ring (bicyclic) bond motifs is 1. The van der Waals surface area contributed by atoms with Gasteiger partial charge in [0.05, 0.1) is 30.8 Å². The third-order valence-corrected chi connectivity index (χ3v) is 7.36. The molecule has 0 N–H and O–H groups in total. The molecule has 5 rings (SSSR count). The van der Waals surface area contributed by atoms with E-state index in [-0.39, 0.29) is 17.4 Å². The predicted octanol–water partition coefficient (Wildman–Crippen LogP) is 5.56. The fourth-order valence-electron chi connectivity index (χ4n) is 5.06. The van der Waals surface area contributed by atoms with E-state index in [4.69, 9.17) is 21.4 Å². The molecule has 0 radical (unpaired) electrons. The molecule has 1 aromatic heterocycles. The van der Waals surface area contributed by atoms with Crippen LogP contribution in [0.1, 0.15) is 46.9 Å². The van der Waals surface area contributed by atoms with Gasteiger partial charge in [-0.1, -0.05) is 41.9 Å². The Bertz CT molecular complexity index is 1450. The minimum Gasteiger partial charge on any atom is -0.497 e. The highest BCUT2D eigenvalue weighted by Gasteiger charge is 2.23. The van der Waals surface area contributed by atoms with E-state index in [2.05, 4.69) is 4.90 Å². The molecular weight excluding hydrogens is 486 g/mol. The third kappa shape index (κ3) is 5.76. The van der Waals surface area contributed by atoms with Crippen molar-refractivity contribution in [2.45, 2.75) is 31.7 Å². The van der Waals surface area contributed by atoms with Crippen LogP contribution in [0.3, 0.4) is 0 Å². The summed E-state index contributed by atoms with van der Waals surface area (Å²) in [6.45, 7) is 1.92. The summed E-state index contributed by atoms with van der Waals surface area (Å²) in [5.74, 6) is 0.824. The number of benzene rings is 3. The summed E-state index contributed by atoms with van der Waals surface area (Å²) in [5.41, 5.74) is 2.61. The first-order chi connectivity index (χ1) is 18.0. The molecule has 0 saturated carbocycles. The van der Waals surface area contributed by atoms with Crippen molar-refractivity contribution in [3.63, 3.8) is 0 Å². The van der Waals surface area contributed by atoms with Gasteiger partial charge in [-0.25, -0.2) is 4.68 Å². The number of rotatable bonds is 7. The van der Waals surface area contributed by atoms with Crippen molar-refractivity contribution in [2.24, 2.45) is 0 Å². The van der Waals surface area contributed by atoms with Gasteiger partial charge in [-0.2, -0.15) is 5.10 Å². The van der Waals surface area contributed by atoms with Gasteiger partial charge < -0.3 is 4.74 Å². The fourth-order valence-corrected chi connectivity index (χ4v) is 5.19.